The molecule has 0 unspecified atom stereocenters. The van der Waals surface area contributed by atoms with E-state index in [-0.39, 0.29) is 17.9 Å². The maximum Gasteiger partial charge on any atom is 0.227 e. The molecular formula is C29H31NO3. The molecule has 0 radical (unpaired) electrons. The van der Waals surface area contributed by atoms with Crippen LogP contribution in [0.2, 0.25) is 0 Å². The molecule has 1 aliphatic carbocycles. The predicted molar refractivity (Wildman–Crippen MR) is 131 cm³/mol. The van der Waals surface area contributed by atoms with Crippen molar-refractivity contribution in [1.82, 2.24) is 0 Å². The molecule has 1 atom stereocenters. The van der Waals surface area contributed by atoms with Crippen molar-refractivity contribution in [3.8, 4) is 17.2 Å². The fourth-order valence-corrected chi connectivity index (χ4v) is 4.92. The standard InChI is InChI=1S/C29H31NO3/c1-20-7-5-9-24(15-20)30-19-23(18-29(30)31)22-13-14-27(33-26-12-6-8-21(2)16-26)28(17-22)32-25-10-3-4-11-25/h5-9,12-17,23,25H,3-4,10-11,18-19H2,1-2H3/t23-/m0/s1. The molecule has 1 aliphatic heterocycles. The minimum Gasteiger partial charge on any atom is -0.487 e. The minimum absolute atomic E-state index is 0.136. The third kappa shape index (κ3) is 4.90. The van der Waals surface area contributed by atoms with Crippen LogP contribution in [0.15, 0.2) is 66.7 Å². The van der Waals surface area contributed by atoms with E-state index in [1.54, 1.807) is 0 Å². The summed E-state index contributed by atoms with van der Waals surface area (Å²) in [5, 5.41) is 0. The number of benzene rings is 3. The number of hydrogen-bond donors (Lipinski definition) is 0. The van der Waals surface area contributed by atoms with E-state index in [0.717, 1.165) is 52.5 Å². The van der Waals surface area contributed by atoms with Gasteiger partial charge in [-0.05, 0) is 92.6 Å². The molecule has 1 saturated carbocycles. The Balaban J connectivity index is 1.41. The van der Waals surface area contributed by atoms with Crippen molar-refractivity contribution in [3.05, 3.63) is 83.4 Å². The van der Waals surface area contributed by atoms with Gasteiger partial charge in [0.2, 0.25) is 5.91 Å². The molecule has 4 nitrogen and oxygen atoms in total. The van der Waals surface area contributed by atoms with E-state index >= 15 is 0 Å². The molecule has 4 heteroatoms. The number of hydrogen-bond acceptors (Lipinski definition) is 3. The van der Waals surface area contributed by atoms with Crippen LogP contribution in [0.4, 0.5) is 5.69 Å². The molecule has 0 aromatic heterocycles. The first kappa shape index (κ1) is 21.6. The molecule has 1 heterocycles. The molecule has 3 aromatic rings. The van der Waals surface area contributed by atoms with Gasteiger partial charge in [0.25, 0.3) is 0 Å². The lowest BCUT2D eigenvalue weighted by Crippen LogP contribution is -2.24. The molecule has 2 fully saturated rings. The number of anilines is 1. The highest BCUT2D eigenvalue weighted by Gasteiger charge is 2.32. The summed E-state index contributed by atoms with van der Waals surface area (Å²) in [6.45, 7) is 4.80. The van der Waals surface area contributed by atoms with E-state index in [2.05, 4.69) is 44.2 Å². The summed E-state index contributed by atoms with van der Waals surface area (Å²) in [6, 6.07) is 22.4. The number of rotatable bonds is 6. The van der Waals surface area contributed by atoms with Crippen molar-refractivity contribution in [3.63, 3.8) is 0 Å². The zero-order valence-electron chi connectivity index (χ0n) is 19.4. The van der Waals surface area contributed by atoms with E-state index in [0.29, 0.717) is 13.0 Å². The van der Waals surface area contributed by atoms with Gasteiger partial charge in [-0.2, -0.15) is 0 Å². The molecule has 0 bridgehead atoms. The number of carbonyl (C=O) groups excluding carboxylic acids is 1. The molecule has 0 N–H and O–H groups in total. The topological polar surface area (TPSA) is 38.8 Å². The Bertz CT molecular complexity index is 1150. The van der Waals surface area contributed by atoms with Crippen LogP contribution in [-0.4, -0.2) is 18.6 Å². The summed E-state index contributed by atoms with van der Waals surface area (Å²) in [5.41, 5.74) is 4.42. The van der Waals surface area contributed by atoms with Gasteiger partial charge in [-0.25, -0.2) is 0 Å². The number of ether oxygens (including phenoxy) is 2. The van der Waals surface area contributed by atoms with Crippen molar-refractivity contribution in [2.45, 2.75) is 58.0 Å². The summed E-state index contributed by atoms with van der Waals surface area (Å²) < 4.78 is 12.7. The summed E-state index contributed by atoms with van der Waals surface area (Å²) >= 11 is 0. The Hall–Kier alpha value is -3.27. The lowest BCUT2D eigenvalue weighted by molar-refractivity contribution is -0.117. The zero-order valence-corrected chi connectivity index (χ0v) is 19.4. The minimum atomic E-state index is 0.136. The van der Waals surface area contributed by atoms with Gasteiger partial charge in [0, 0.05) is 24.6 Å². The molecule has 0 spiro atoms. The number of amides is 1. The van der Waals surface area contributed by atoms with Crippen LogP contribution < -0.4 is 14.4 Å². The molecule has 2 aliphatic rings. The van der Waals surface area contributed by atoms with Crippen molar-refractivity contribution in [2.75, 3.05) is 11.4 Å². The Kier molecular flexibility index (Phi) is 6.08. The number of aryl methyl sites for hydroxylation is 2. The summed E-state index contributed by atoms with van der Waals surface area (Å²) in [7, 11) is 0. The molecular weight excluding hydrogens is 410 g/mol. The van der Waals surface area contributed by atoms with Crippen LogP contribution in [0.1, 0.15) is 54.7 Å². The third-order valence-electron chi connectivity index (χ3n) is 6.69. The van der Waals surface area contributed by atoms with Gasteiger partial charge in [0.1, 0.15) is 5.75 Å². The average molecular weight is 442 g/mol. The second kappa shape index (κ2) is 9.30. The largest absolute Gasteiger partial charge is 0.487 e. The highest BCUT2D eigenvalue weighted by Crippen LogP contribution is 2.40. The summed E-state index contributed by atoms with van der Waals surface area (Å²) in [5.74, 6) is 2.63. The fraction of sp³-hybridized carbons (Fsp3) is 0.345. The van der Waals surface area contributed by atoms with Crippen LogP contribution in [0.5, 0.6) is 17.2 Å². The Morgan fingerprint density at radius 2 is 1.61 bits per heavy atom. The van der Waals surface area contributed by atoms with Crippen LogP contribution in [0.3, 0.4) is 0 Å². The maximum atomic E-state index is 12.8. The van der Waals surface area contributed by atoms with E-state index in [4.69, 9.17) is 9.47 Å². The van der Waals surface area contributed by atoms with Gasteiger partial charge in [-0.1, -0.05) is 30.3 Å². The molecule has 3 aromatic carbocycles. The smallest absolute Gasteiger partial charge is 0.227 e. The second-order valence-corrected chi connectivity index (χ2v) is 9.39. The first-order valence-corrected chi connectivity index (χ1v) is 12.0. The lowest BCUT2D eigenvalue weighted by Gasteiger charge is -2.20. The fourth-order valence-electron chi connectivity index (χ4n) is 4.92. The van der Waals surface area contributed by atoms with Gasteiger partial charge in [-0.15, -0.1) is 0 Å². The quantitative estimate of drug-likeness (QED) is 0.416. The Morgan fingerprint density at radius 3 is 2.36 bits per heavy atom. The monoisotopic (exact) mass is 441 g/mol. The summed E-state index contributed by atoms with van der Waals surface area (Å²) in [4.78, 5) is 14.8. The zero-order chi connectivity index (χ0) is 22.8. The maximum absolute atomic E-state index is 12.8. The van der Waals surface area contributed by atoms with Gasteiger partial charge in [0.15, 0.2) is 11.5 Å². The van der Waals surface area contributed by atoms with Crippen LogP contribution in [0.25, 0.3) is 0 Å². The van der Waals surface area contributed by atoms with Crippen molar-refractivity contribution in [1.29, 1.82) is 0 Å². The molecule has 1 saturated heterocycles. The van der Waals surface area contributed by atoms with Gasteiger partial charge in [0.05, 0.1) is 6.10 Å². The van der Waals surface area contributed by atoms with Crippen molar-refractivity contribution >= 4 is 11.6 Å². The normalized spacial score (nSPS) is 18.7. The van der Waals surface area contributed by atoms with E-state index < -0.39 is 0 Å². The van der Waals surface area contributed by atoms with E-state index in [9.17, 15) is 4.79 Å². The lowest BCUT2D eigenvalue weighted by atomic mass is 9.98. The van der Waals surface area contributed by atoms with Gasteiger partial charge < -0.3 is 14.4 Å². The SMILES string of the molecule is Cc1cccc(Oc2ccc([C@H]3CC(=O)N(c4cccc(C)c4)C3)cc2OC2CCCC2)c1. The molecule has 170 valence electrons. The van der Waals surface area contributed by atoms with Crippen LogP contribution in [-0.2, 0) is 4.79 Å². The van der Waals surface area contributed by atoms with Crippen molar-refractivity contribution < 1.29 is 14.3 Å². The Labute approximate surface area is 196 Å². The number of carbonyl (C=O) groups is 1. The van der Waals surface area contributed by atoms with E-state index in [1.165, 1.54) is 12.8 Å². The van der Waals surface area contributed by atoms with Crippen LogP contribution >= 0.6 is 0 Å². The molecule has 1 amide bonds. The Morgan fingerprint density at radius 1 is 0.848 bits per heavy atom. The summed E-state index contributed by atoms with van der Waals surface area (Å²) in [6.07, 6.45) is 5.32. The molecule has 33 heavy (non-hydrogen) atoms. The third-order valence-corrected chi connectivity index (χ3v) is 6.69. The average Bonchev–Trinajstić information content (AvgIpc) is 3.45. The first-order chi connectivity index (χ1) is 16.0. The molecule has 5 rings (SSSR count). The van der Waals surface area contributed by atoms with Crippen molar-refractivity contribution in [2.24, 2.45) is 0 Å². The highest BCUT2D eigenvalue weighted by molar-refractivity contribution is 5.96. The first-order valence-electron chi connectivity index (χ1n) is 12.0. The van der Waals surface area contributed by atoms with E-state index in [1.807, 2.05) is 41.3 Å². The number of nitrogens with zero attached hydrogens (tertiary/aromatic N) is 1. The van der Waals surface area contributed by atoms with Crippen LogP contribution in [0, 0.1) is 13.8 Å². The second-order valence-electron chi connectivity index (χ2n) is 9.39. The highest BCUT2D eigenvalue weighted by atomic mass is 16.5. The van der Waals surface area contributed by atoms with Gasteiger partial charge in [-0.3, -0.25) is 4.79 Å². The van der Waals surface area contributed by atoms with Gasteiger partial charge >= 0.3 is 0 Å². The predicted octanol–water partition coefficient (Wildman–Crippen LogP) is 6.94.